The molecule has 2 unspecified atom stereocenters. The van der Waals surface area contributed by atoms with Crippen molar-refractivity contribution in [2.24, 2.45) is 11.8 Å². The summed E-state index contributed by atoms with van der Waals surface area (Å²) < 4.78 is 0. The molecule has 1 aliphatic heterocycles. The number of aliphatic hydroxyl groups excluding tert-OH is 2. The zero-order valence-electron chi connectivity index (χ0n) is 17.8. The fourth-order valence-electron chi connectivity index (χ4n) is 3.33. The number of benzene rings is 1. The van der Waals surface area contributed by atoms with Gasteiger partial charge in [-0.1, -0.05) is 39.8 Å². The van der Waals surface area contributed by atoms with Gasteiger partial charge in [-0.05, 0) is 24.0 Å². The van der Waals surface area contributed by atoms with Gasteiger partial charge in [0.2, 0.25) is 11.8 Å². The van der Waals surface area contributed by atoms with Gasteiger partial charge in [-0.3, -0.25) is 9.59 Å². The molecule has 2 rings (SSSR count). The second-order valence-electron chi connectivity index (χ2n) is 8.23. The van der Waals surface area contributed by atoms with E-state index in [-0.39, 0.29) is 62.0 Å². The smallest absolute Gasteiger partial charge is 0.239 e. The number of hydrogen-bond acceptors (Lipinski definition) is 6. The minimum absolute atomic E-state index is 0.103. The van der Waals surface area contributed by atoms with Crippen molar-refractivity contribution in [3.8, 4) is 0 Å². The highest BCUT2D eigenvalue weighted by Crippen LogP contribution is 2.35. The first kappa shape index (κ1) is 23.0. The molecule has 0 radical (unpaired) electrons. The highest BCUT2D eigenvalue weighted by molar-refractivity contribution is 5.89. The normalized spacial score (nSPS) is 15.4. The van der Waals surface area contributed by atoms with Crippen LogP contribution in [0.4, 0.5) is 11.4 Å². The maximum Gasteiger partial charge on any atom is 0.239 e. The number of anilines is 2. The fraction of sp³-hybridized carbons (Fsp3) is 0.619. The molecule has 0 bridgehead atoms. The van der Waals surface area contributed by atoms with E-state index >= 15 is 0 Å². The van der Waals surface area contributed by atoms with E-state index in [1.54, 1.807) is 0 Å². The third-order valence-electron chi connectivity index (χ3n) is 5.27. The average molecular weight is 407 g/mol. The predicted molar refractivity (Wildman–Crippen MR) is 114 cm³/mol. The number of para-hydroxylation sites is 2. The van der Waals surface area contributed by atoms with Crippen LogP contribution in [0.1, 0.15) is 27.7 Å². The average Bonchev–Trinajstić information content (AvgIpc) is 3.01. The number of amides is 2. The predicted octanol–water partition coefficient (Wildman–Crippen LogP) is 0.537. The van der Waals surface area contributed by atoms with Crippen LogP contribution in [0.2, 0.25) is 0 Å². The molecule has 4 N–H and O–H groups in total. The van der Waals surface area contributed by atoms with Gasteiger partial charge in [0.25, 0.3) is 0 Å². The molecule has 0 aromatic heterocycles. The van der Waals surface area contributed by atoms with Crippen molar-refractivity contribution in [3.63, 3.8) is 0 Å². The lowest BCUT2D eigenvalue weighted by Gasteiger charge is -2.25. The SMILES string of the molecule is CC(C)C(CO)NC(=O)CN1CN(CC(=O)NC(CO)C(C)C)c2ccccc21. The van der Waals surface area contributed by atoms with E-state index in [1.165, 1.54) is 0 Å². The van der Waals surface area contributed by atoms with Crippen molar-refractivity contribution in [1.29, 1.82) is 0 Å². The van der Waals surface area contributed by atoms with Gasteiger partial charge in [0.15, 0.2) is 0 Å². The molecule has 1 aromatic carbocycles. The summed E-state index contributed by atoms with van der Waals surface area (Å²) in [5.74, 6) is -0.0658. The summed E-state index contributed by atoms with van der Waals surface area (Å²) >= 11 is 0. The maximum atomic E-state index is 12.5. The second-order valence-corrected chi connectivity index (χ2v) is 8.23. The molecular formula is C21H34N4O4. The molecule has 0 fully saturated rings. The molecule has 2 amide bonds. The summed E-state index contributed by atoms with van der Waals surface area (Å²) in [5, 5.41) is 24.6. The summed E-state index contributed by atoms with van der Waals surface area (Å²) in [6.45, 7) is 8.28. The van der Waals surface area contributed by atoms with Crippen molar-refractivity contribution < 1.29 is 19.8 Å². The largest absolute Gasteiger partial charge is 0.394 e. The Balaban J connectivity index is 2.03. The van der Waals surface area contributed by atoms with Gasteiger partial charge in [-0.2, -0.15) is 0 Å². The highest BCUT2D eigenvalue weighted by atomic mass is 16.3. The third-order valence-corrected chi connectivity index (χ3v) is 5.27. The number of hydrogen-bond donors (Lipinski definition) is 4. The van der Waals surface area contributed by atoms with E-state index in [0.717, 1.165) is 11.4 Å². The van der Waals surface area contributed by atoms with Crippen molar-refractivity contribution in [2.45, 2.75) is 39.8 Å². The Hall–Kier alpha value is -2.32. The number of nitrogens with zero attached hydrogens (tertiary/aromatic N) is 2. The number of carbonyl (C=O) groups excluding carboxylic acids is 2. The van der Waals surface area contributed by atoms with Crippen LogP contribution in [0.5, 0.6) is 0 Å². The zero-order chi connectivity index (χ0) is 21.6. The second kappa shape index (κ2) is 10.5. The lowest BCUT2D eigenvalue weighted by molar-refractivity contribution is -0.121. The maximum absolute atomic E-state index is 12.5. The minimum atomic E-state index is -0.284. The topological polar surface area (TPSA) is 105 Å². The van der Waals surface area contributed by atoms with E-state index in [0.29, 0.717) is 6.67 Å². The van der Waals surface area contributed by atoms with Crippen molar-refractivity contribution >= 4 is 23.2 Å². The molecular weight excluding hydrogens is 372 g/mol. The molecule has 2 atom stereocenters. The number of nitrogens with one attached hydrogen (secondary N) is 2. The standard InChI is InChI=1S/C21H34N4O4/c1-14(2)16(11-26)22-20(28)9-24-13-25(19-8-6-5-7-18(19)24)10-21(29)23-17(12-27)15(3)4/h5-8,14-17,26-27H,9-13H2,1-4H3,(H,22,28)(H,23,29). The summed E-state index contributed by atoms with van der Waals surface area (Å²) in [5.41, 5.74) is 1.78. The van der Waals surface area contributed by atoms with Crippen LogP contribution in [0, 0.1) is 11.8 Å². The molecule has 0 aliphatic carbocycles. The highest BCUT2D eigenvalue weighted by Gasteiger charge is 2.29. The number of rotatable bonds is 10. The number of aliphatic hydroxyl groups is 2. The van der Waals surface area contributed by atoms with E-state index in [2.05, 4.69) is 10.6 Å². The molecule has 1 aliphatic rings. The van der Waals surface area contributed by atoms with E-state index < -0.39 is 0 Å². The molecule has 29 heavy (non-hydrogen) atoms. The monoisotopic (exact) mass is 406 g/mol. The molecule has 1 aromatic rings. The zero-order valence-corrected chi connectivity index (χ0v) is 17.8. The Morgan fingerprint density at radius 3 is 1.55 bits per heavy atom. The Labute approximate surface area is 172 Å². The molecule has 8 heteroatoms. The van der Waals surface area contributed by atoms with Gasteiger partial charge in [0.1, 0.15) is 0 Å². The van der Waals surface area contributed by atoms with Crippen molar-refractivity contribution in [3.05, 3.63) is 24.3 Å². The summed E-state index contributed by atoms with van der Waals surface area (Å²) in [6, 6.07) is 7.09. The fourth-order valence-corrected chi connectivity index (χ4v) is 3.33. The van der Waals surface area contributed by atoms with Gasteiger partial charge in [-0.15, -0.1) is 0 Å². The van der Waals surface area contributed by atoms with Gasteiger partial charge < -0.3 is 30.6 Å². The molecule has 0 saturated heterocycles. The minimum Gasteiger partial charge on any atom is -0.394 e. The van der Waals surface area contributed by atoms with Crippen LogP contribution in [-0.2, 0) is 9.59 Å². The Bertz CT molecular complexity index is 638. The first-order valence-corrected chi connectivity index (χ1v) is 10.2. The van der Waals surface area contributed by atoms with Crippen LogP contribution in [0.25, 0.3) is 0 Å². The summed E-state index contributed by atoms with van der Waals surface area (Å²) in [7, 11) is 0. The molecule has 1 heterocycles. The van der Waals surface area contributed by atoms with Crippen LogP contribution >= 0.6 is 0 Å². The molecule has 8 nitrogen and oxygen atoms in total. The van der Waals surface area contributed by atoms with E-state index in [1.807, 2.05) is 61.8 Å². The van der Waals surface area contributed by atoms with Crippen molar-refractivity contribution in [1.82, 2.24) is 10.6 Å². The van der Waals surface area contributed by atoms with Crippen LogP contribution < -0.4 is 20.4 Å². The van der Waals surface area contributed by atoms with Crippen LogP contribution in [0.3, 0.4) is 0 Å². The van der Waals surface area contributed by atoms with Crippen LogP contribution in [0.15, 0.2) is 24.3 Å². The third kappa shape index (κ3) is 6.08. The number of carbonyl (C=O) groups is 2. The van der Waals surface area contributed by atoms with Gasteiger partial charge in [0.05, 0.1) is 56.4 Å². The lowest BCUT2D eigenvalue weighted by atomic mass is 10.1. The van der Waals surface area contributed by atoms with Gasteiger partial charge in [0, 0.05) is 0 Å². The van der Waals surface area contributed by atoms with Crippen LogP contribution in [-0.4, -0.2) is 67.1 Å². The van der Waals surface area contributed by atoms with E-state index in [9.17, 15) is 19.8 Å². The Kier molecular flexibility index (Phi) is 8.28. The summed E-state index contributed by atoms with van der Waals surface area (Å²) in [6.07, 6.45) is 0. The van der Waals surface area contributed by atoms with Gasteiger partial charge in [-0.25, -0.2) is 0 Å². The molecule has 0 saturated carbocycles. The molecule has 0 spiro atoms. The lowest BCUT2D eigenvalue weighted by Crippen LogP contribution is -2.48. The first-order valence-electron chi connectivity index (χ1n) is 10.2. The molecule has 162 valence electrons. The quantitative estimate of drug-likeness (QED) is 0.452. The van der Waals surface area contributed by atoms with Gasteiger partial charge >= 0.3 is 0 Å². The van der Waals surface area contributed by atoms with E-state index in [4.69, 9.17) is 0 Å². The summed E-state index contributed by atoms with van der Waals surface area (Å²) in [4.78, 5) is 28.8. The Morgan fingerprint density at radius 1 is 0.862 bits per heavy atom. The van der Waals surface area contributed by atoms with Crippen molar-refractivity contribution in [2.75, 3.05) is 42.8 Å². The first-order chi connectivity index (χ1) is 13.8. The number of fused-ring (bicyclic) bond motifs is 1. The Morgan fingerprint density at radius 2 is 1.24 bits per heavy atom.